The predicted molar refractivity (Wildman–Crippen MR) is 126 cm³/mol. The molecule has 2 aliphatic heterocycles. The van der Waals surface area contributed by atoms with Crippen molar-refractivity contribution in [1.29, 1.82) is 0 Å². The summed E-state index contributed by atoms with van der Waals surface area (Å²) >= 11 is 0. The highest BCUT2D eigenvalue weighted by Gasteiger charge is 2.34. The van der Waals surface area contributed by atoms with Gasteiger partial charge in [0, 0.05) is 31.2 Å². The van der Waals surface area contributed by atoms with Crippen molar-refractivity contribution in [1.82, 2.24) is 9.80 Å². The van der Waals surface area contributed by atoms with Crippen LogP contribution in [-0.2, 0) is 4.79 Å². The van der Waals surface area contributed by atoms with Gasteiger partial charge >= 0.3 is 6.03 Å². The number of nitrogens with one attached hydrogen (secondary N) is 1. The van der Waals surface area contributed by atoms with Gasteiger partial charge in [0.05, 0.1) is 13.2 Å². The van der Waals surface area contributed by atoms with Crippen LogP contribution < -0.4 is 10.1 Å². The lowest BCUT2D eigenvalue weighted by Gasteiger charge is -2.37. The fraction of sp³-hybridized carbons (Fsp3) is 0.462. The normalized spacial score (nSPS) is 19.8. The predicted octanol–water partition coefficient (Wildman–Crippen LogP) is 5.08. The van der Waals surface area contributed by atoms with Gasteiger partial charge in [0.15, 0.2) is 0 Å². The van der Waals surface area contributed by atoms with Crippen LogP contribution >= 0.6 is 0 Å². The van der Waals surface area contributed by atoms with E-state index in [0.29, 0.717) is 25.9 Å². The van der Waals surface area contributed by atoms with E-state index in [-0.39, 0.29) is 23.9 Å². The number of benzene rings is 2. The minimum absolute atomic E-state index is 0.0189. The van der Waals surface area contributed by atoms with Gasteiger partial charge in [-0.3, -0.25) is 4.79 Å². The molecule has 0 radical (unpaired) electrons. The lowest BCUT2D eigenvalue weighted by molar-refractivity contribution is -0.139. The molecule has 6 nitrogen and oxygen atoms in total. The highest BCUT2D eigenvalue weighted by atomic mass is 16.5. The third-order valence-corrected chi connectivity index (χ3v) is 6.69. The van der Waals surface area contributed by atoms with Crippen molar-refractivity contribution in [3.63, 3.8) is 0 Å². The number of hydrogen-bond donors (Lipinski definition) is 1. The maximum absolute atomic E-state index is 13.6. The van der Waals surface area contributed by atoms with Crippen LogP contribution in [0.25, 0.3) is 0 Å². The highest BCUT2D eigenvalue weighted by Crippen LogP contribution is 2.34. The molecule has 4 rings (SSSR count). The Bertz CT molecular complexity index is 892. The summed E-state index contributed by atoms with van der Waals surface area (Å²) in [6, 6.07) is 17.7. The monoisotopic (exact) mass is 435 g/mol. The van der Waals surface area contributed by atoms with Crippen molar-refractivity contribution in [3.05, 3.63) is 60.2 Å². The molecule has 2 aromatic carbocycles. The van der Waals surface area contributed by atoms with Gasteiger partial charge in [0.1, 0.15) is 5.75 Å². The Morgan fingerprint density at radius 1 is 0.875 bits per heavy atom. The summed E-state index contributed by atoms with van der Waals surface area (Å²) in [4.78, 5) is 30.1. The molecule has 0 bridgehead atoms. The lowest BCUT2D eigenvalue weighted by Crippen LogP contribution is -2.46. The first-order chi connectivity index (χ1) is 15.7. The topological polar surface area (TPSA) is 61.9 Å². The van der Waals surface area contributed by atoms with Crippen molar-refractivity contribution in [3.8, 4) is 5.75 Å². The molecule has 1 unspecified atom stereocenters. The summed E-state index contributed by atoms with van der Waals surface area (Å²) in [5.41, 5.74) is 1.98. The molecule has 0 aliphatic carbocycles. The van der Waals surface area contributed by atoms with E-state index >= 15 is 0 Å². The van der Waals surface area contributed by atoms with Crippen LogP contribution in [-0.4, -0.2) is 48.5 Å². The van der Waals surface area contributed by atoms with E-state index in [1.165, 1.54) is 5.56 Å². The van der Waals surface area contributed by atoms with E-state index in [9.17, 15) is 9.59 Å². The average molecular weight is 436 g/mol. The Morgan fingerprint density at radius 2 is 1.59 bits per heavy atom. The maximum atomic E-state index is 13.6. The quantitative estimate of drug-likeness (QED) is 0.728. The van der Waals surface area contributed by atoms with Crippen molar-refractivity contribution >= 4 is 17.6 Å². The van der Waals surface area contributed by atoms with E-state index in [1.54, 1.807) is 7.11 Å². The Balaban J connectivity index is 1.38. The van der Waals surface area contributed by atoms with Crippen molar-refractivity contribution in [2.24, 2.45) is 5.92 Å². The second-order valence-corrected chi connectivity index (χ2v) is 8.73. The molecule has 1 N–H and O–H groups in total. The zero-order valence-corrected chi connectivity index (χ0v) is 18.8. The van der Waals surface area contributed by atoms with E-state index in [4.69, 9.17) is 4.74 Å². The van der Waals surface area contributed by atoms with Crippen molar-refractivity contribution < 1.29 is 14.3 Å². The van der Waals surface area contributed by atoms with E-state index < -0.39 is 0 Å². The molecule has 2 aromatic rings. The van der Waals surface area contributed by atoms with Gasteiger partial charge in [0.2, 0.25) is 5.91 Å². The number of amides is 3. The molecule has 3 amide bonds. The summed E-state index contributed by atoms with van der Waals surface area (Å²) in [6.45, 7) is 2.02. The summed E-state index contributed by atoms with van der Waals surface area (Å²) in [5, 5.41) is 2.95. The van der Waals surface area contributed by atoms with Crippen LogP contribution in [0.3, 0.4) is 0 Å². The first-order valence-corrected chi connectivity index (χ1v) is 11.7. The zero-order chi connectivity index (χ0) is 22.3. The maximum Gasteiger partial charge on any atom is 0.321 e. The Morgan fingerprint density at radius 3 is 2.28 bits per heavy atom. The molecule has 32 heavy (non-hydrogen) atoms. The Labute approximate surface area is 190 Å². The summed E-state index contributed by atoms with van der Waals surface area (Å²) in [7, 11) is 1.67. The number of anilines is 1. The van der Waals surface area contributed by atoms with Crippen LogP contribution in [0.1, 0.15) is 50.1 Å². The van der Waals surface area contributed by atoms with Gasteiger partial charge in [-0.25, -0.2) is 4.79 Å². The first-order valence-electron chi connectivity index (χ1n) is 11.7. The summed E-state index contributed by atoms with van der Waals surface area (Å²) in [5.74, 6) is 1.06. The van der Waals surface area contributed by atoms with Gasteiger partial charge in [-0.2, -0.15) is 0 Å². The van der Waals surface area contributed by atoms with Gasteiger partial charge in [0.25, 0.3) is 0 Å². The standard InChI is InChI=1S/C26H33N3O3/c1-32-23-13-11-20(12-14-23)24-10-6-3-7-17-29(24)25(30)21-15-18-28(19-16-21)26(31)27-22-8-4-2-5-9-22/h2,4-5,8-9,11-14,21,24H,3,6-7,10,15-19H2,1H3,(H,27,31). The van der Waals surface area contributed by atoms with Gasteiger partial charge in [-0.15, -0.1) is 0 Å². The first kappa shape index (κ1) is 22.2. The van der Waals surface area contributed by atoms with Crippen LogP contribution in [0.2, 0.25) is 0 Å². The van der Waals surface area contributed by atoms with Crippen LogP contribution in [0.15, 0.2) is 54.6 Å². The average Bonchev–Trinajstić information content (AvgIpc) is 3.10. The number of carbonyl (C=O) groups excluding carboxylic acids is 2. The number of likely N-dealkylation sites (tertiary alicyclic amines) is 2. The van der Waals surface area contributed by atoms with Gasteiger partial charge < -0.3 is 19.9 Å². The fourth-order valence-electron chi connectivity index (χ4n) is 4.83. The highest BCUT2D eigenvalue weighted by molar-refractivity contribution is 5.89. The molecule has 1 atom stereocenters. The van der Waals surface area contributed by atoms with Crippen LogP contribution in [0, 0.1) is 5.92 Å². The number of carbonyl (C=O) groups is 2. The third-order valence-electron chi connectivity index (χ3n) is 6.69. The molecule has 2 fully saturated rings. The number of para-hydroxylation sites is 1. The Kier molecular flexibility index (Phi) is 7.30. The van der Waals surface area contributed by atoms with Crippen molar-refractivity contribution in [2.75, 3.05) is 32.1 Å². The van der Waals surface area contributed by atoms with Crippen LogP contribution in [0.4, 0.5) is 10.5 Å². The number of nitrogens with zero attached hydrogens (tertiary/aromatic N) is 2. The van der Waals surface area contributed by atoms with Gasteiger partial charge in [-0.05, 0) is 55.5 Å². The molecule has 2 aliphatic rings. The molecule has 2 saturated heterocycles. The largest absolute Gasteiger partial charge is 0.497 e. The smallest absolute Gasteiger partial charge is 0.321 e. The molecule has 0 aromatic heterocycles. The second kappa shape index (κ2) is 10.5. The minimum Gasteiger partial charge on any atom is -0.497 e. The second-order valence-electron chi connectivity index (χ2n) is 8.73. The number of piperidine rings is 1. The minimum atomic E-state index is -0.0898. The third kappa shape index (κ3) is 5.23. The molecular formula is C26H33N3O3. The molecular weight excluding hydrogens is 402 g/mol. The molecule has 170 valence electrons. The summed E-state index contributed by atoms with van der Waals surface area (Å²) < 4.78 is 5.30. The van der Waals surface area contributed by atoms with Gasteiger partial charge in [-0.1, -0.05) is 43.2 Å². The molecule has 0 saturated carbocycles. The number of rotatable bonds is 4. The number of hydrogen-bond acceptors (Lipinski definition) is 3. The van der Waals surface area contributed by atoms with E-state index in [0.717, 1.165) is 43.7 Å². The SMILES string of the molecule is COc1ccc(C2CCCCCN2C(=O)C2CCN(C(=O)Nc3ccccc3)CC2)cc1. The zero-order valence-electron chi connectivity index (χ0n) is 18.8. The number of urea groups is 1. The fourth-order valence-corrected chi connectivity index (χ4v) is 4.83. The Hall–Kier alpha value is -3.02. The summed E-state index contributed by atoms with van der Waals surface area (Å²) in [6.07, 6.45) is 5.78. The lowest BCUT2D eigenvalue weighted by atomic mass is 9.93. The number of methoxy groups -OCH3 is 1. The number of ether oxygens (including phenoxy) is 1. The van der Waals surface area contributed by atoms with Crippen molar-refractivity contribution in [2.45, 2.75) is 44.6 Å². The molecule has 2 heterocycles. The van der Waals surface area contributed by atoms with E-state index in [1.807, 2.05) is 47.4 Å². The van der Waals surface area contributed by atoms with E-state index in [2.05, 4.69) is 22.3 Å². The van der Waals surface area contributed by atoms with Crippen LogP contribution in [0.5, 0.6) is 5.75 Å². The molecule has 0 spiro atoms. The molecule has 6 heteroatoms.